The molecule has 4 aromatic rings. The molecule has 0 bridgehead atoms. The fraction of sp³-hybridized carbons (Fsp3) is 0.125. The van der Waals surface area contributed by atoms with E-state index in [4.69, 9.17) is 22.0 Å². The van der Waals surface area contributed by atoms with Crippen molar-refractivity contribution in [3.63, 3.8) is 0 Å². The van der Waals surface area contributed by atoms with Crippen LogP contribution in [0.2, 0.25) is 5.02 Å². The molecule has 4 rings (SSSR count). The van der Waals surface area contributed by atoms with Crippen LogP contribution in [0.4, 0.5) is 5.82 Å². The Morgan fingerprint density at radius 3 is 2.56 bits per heavy atom. The molecule has 2 N–H and O–H groups in total. The summed E-state index contributed by atoms with van der Waals surface area (Å²) in [4.78, 5) is 28.4. The van der Waals surface area contributed by atoms with E-state index in [1.807, 2.05) is 12.1 Å². The largest absolute Gasteiger partial charge is 0.481 e. The van der Waals surface area contributed by atoms with Crippen LogP contribution < -0.4 is 16.3 Å². The van der Waals surface area contributed by atoms with E-state index in [-0.39, 0.29) is 25.1 Å². The number of carboxylic acids is 1. The molecule has 0 amide bonds. The number of anilines is 1. The first-order valence-electron chi connectivity index (χ1n) is 10.3. The third kappa shape index (κ3) is 4.91. The summed E-state index contributed by atoms with van der Waals surface area (Å²) in [6.45, 7) is 0.409. The molecule has 170 valence electrons. The maximum Gasteiger partial charge on any atom is 0.305 e. The quantitative estimate of drug-likeness (QED) is 0.380. The van der Waals surface area contributed by atoms with Gasteiger partial charge in [0.1, 0.15) is 11.5 Å². The molecule has 0 saturated carbocycles. The number of nitrogens with one attached hydrogen (secondary N) is 1. The van der Waals surface area contributed by atoms with E-state index >= 15 is 0 Å². The highest BCUT2D eigenvalue weighted by Crippen LogP contribution is 2.29. The first-order valence-corrected chi connectivity index (χ1v) is 11.2. The maximum atomic E-state index is 13.2. The number of carbonyl (C=O) groups is 1. The second-order valence-corrected chi connectivity index (χ2v) is 8.44. The highest BCUT2D eigenvalue weighted by molar-refractivity contribution is 7.27. The Balaban J connectivity index is 1.80. The van der Waals surface area contributed by atoms with Crippen LogP contribution in [0, 0.1) is 11.3 Å². The van der Waals surface area contributed by atoms with Crippen LogP contribution in [0.1, 0.15) is 17.5 Å². The average Bonchev–Trinajstić information content (AvgIpc) is 2.83. The zero-order valence-corrected chi connectivity index (χ0v) is 19.7. The monoisotopic (exact) mass is 491 g/mol. The molecule has 0 radical (unpaired) electrons. The molecule has 34 heavy (non-hydrogen) atoms. The van der Waals surface area contributed by atoms with Crippen molar-refractivity contribution in [2.75, 3.05) is 11.9 Å². The summed E-state index contributed by atoms with van der Waals surface area (Å²) < 4.78 is 1.39. The van der Waals surface area contributed by atoms with Crippen LogP contribution in [-0.2, 0) is 11.3 Å². The van der Waals surface area contributed by atoms with Crippen molar-refractivity contribution in [2.45, 2.75) is 13.0 Å². The number of hydrogen-bond acceptors (Lipinski definition) is 6. The van der Waals surface area contributed by atoms with Gasteiger partial charge in [-0.2, -0.15) is 10.4 Å². The Morgan fingerprint density at radius 2 is 1.88 bits per heavy atom. The number of nitrogens with zero attached hydrogens (tertiary/aromatic N) is 4. The Labute approximate surface area is 202 Å². The van der Waals surface area contributed by atoms with Crippen molar-refractivity contribution in [3.8, 4) is 17.3 Å². The number of aliphatic carboxylic acids is 1. The summed E-state index contributed by atoms with van der Waals surface area (Å²) in [6.07, 6.45) is -0.0710. The number of benzene rings is 2. The van der Waals surface area contributed by atoms with Crippen molar-refractivity contribution >= 4 is 48.8 Å². The number of rotatable bonds is 7. The lowest BCUT2D eigenvalue weighted by atomic mass is 10.1. The van der Waals surface area contributed by atoms with Crippen molar-refractivity contribution in [1.82, 2.24) is 14.8 Å². The maximum absolute atomic E-state index is 13.2. The molecule has 8 nitrogen and oxygen atoms in total. The van der Waals surface area contributed by atoms with Gasteiger partial charge in [-0.05, 0) is 29.8 Å². The number of fused-ring (bicyclic) bond motifs is 1. The van der Waals surface area contributed by atoms with Crippen LogP contribution in [0.25, 0.3) is 22.0 Å². The number of nitriles is 1. The van der Waals surface area contributed by atoms with Crippen LogP contribution >= 0.6 is 20.8 Å². The van der Waals surface area contributed by atoms with E-state index < -0.39 is 5.97 Å². The smallest absolute Gasteiger partial charge is 0.305 e. The van der Waals surface area contributed by atoms with Gasteiger partial charge in [-0.1, -0.05) is 51.2 Å². The molecule has 2 aromatic heterocycles. The Kier molecular flexibility index (Phi) is 6.87. The number of pyridine rings is 1. The molecule has 0 saturated heterocycles. The number of carboxylic acid groups (broad SMARTS) is 1. The minimum atomic E-state index is -0.925. The van der Waals surface area contributed by atoms with Crippen LogP contribution in [-0.4, -0.2) is 32.4 Å². The SMILES string of the molecule is N#Cc1ccc(Cn2nc(-c3cc(Cl)c(NCCC(=O)O)nc3P)c3ccccc3c2=O)cc1. The van der Waals surface area contributed by atoms with Gasteiger partial charge in [-0.15, -0.1) is 0 Å². The lowest BCUT2D eigenvalue weighted by Gasteiger charge is -2.14. The molecule has 0 aliphatic heterocycles. The van der Waals surface area contributed by atoms with Gasteiger partial charge in [0.15, 0.2) is 0 Å². The third-order valence-corrected chi connectivity index (χ3v) is 5.90. The van der Waals surface area contributed by atoms with E-state index in [1.165, 1.54) is 4.68 Å². The van der Waals surface area contributed by atoms with Gasteiger partial charge in [0.25, 0.3) is 5.56 Å². The minimum Gasteiger partial charge on any atom is -0.481 e. The van der Waals surface area contributed by atoms with Crippen LogP contribution in [0.3, 0.4) is 0 Å². The van der Waals surface area contributed by atoms with Gasteiger partial charge in [-0.25, -0.2) is 9.67 Å². The molecule has 2 heterocycles. The van der Waals surface area contributed by atoms with E-state index in [0.29, 0.717) is 43.9 Å². The second-order valence-electron chi connectivity index (χ2n) is 7.49. The molecule has 2 aromatic carbocycles. The normalized spacial score (nSPS) is 10.7. The predicted molar refractivity (Wildman–Crippen MR) is 135 cm³/mol. The van der Waals surface area contributed by atoms with E-state index in [2.05, 4.69) is 30.7 Å². The van der Waals surface area contributed by atoms with Crippen molar-refractivity contribution in [1.29, 1.82) is 5.26 Å². The Bertz CT molecular complexity index is 1500. The Hall–Kier alpha value is -3.79. The third-order valence-electron chi connectivity index (χ3n) is 5.18. The van der Waals surface area contributed by atoms with E-state index in [1.54, 1.807) is 42.5 Å². The first-order chi connectivity index (χ1) is 16.4. The highest BCUT2D eigenvalue weighted by atomic mass is 35.5. The molecule has 0 fully saturated rings. The van der Waals surface area contributed by atoms with E-state index in [0.717, 1.165) is 5.56 Å². The summed E-state index contributed by atoms with van der Waals surface area (Å²) in [5, 5.41) is 26.9. The molecule has 10 heteroatoms. The molecule has 1 unspecified atom stereocenters. The van der Waals surface area contributed by atoms with Gasteiger partial charge in [0, 0.05) is 17.5 Å². The summed E-state index contributed by atoms with van der Waals surface area (Å²) in [6, 6.07) is 17.9. The van der Waals surface area contributed by atoms with Crippen LogP contribution in [0.15, 0.2) is 59.4 Å². The predicted octanol–water partition coefficient (Wildman–Crippen LogP) is 3.42. The minimum absolute atomic E-state index is 0.0710. The second kappa shape index (κ2) is 10.0. The summed E-state index contributed by atoms with van der Waals surface area (Å²) >= 11 is 6.44. The molecule has 0 spiro atoms. The zero-order valence-electron chi connectivity index (χ0n) is 17.8. The van der Waals surface area contributed by atoms with Crippen LogP contribution in [0.5, 0.6) is 0 Å². The fourth-order valence-corrected chi connectivity index (χ4v) is 4.07. The Morgan fingerprint density at radius 1 is 1.18 bits per heavy atom. The standard InChI is InChI=1S/C24H19ClN5O3P/c25-19-11-18(23(34)28-22(19)27-10-9-20(31)32)21-16-3-1-2-4-17(16)24(33)30(29-21)13-15-7-5-14(12-26)6-8-15/h1-8,11H,9-10,13,34H2,(H,27,28)(H,31,32). The van der Waals surface area contributed by atoms with Crippen molar-refractivity contribution < 1.29 is 9.90 Å². The van der Waals surface area contributed by atoms with E-state index in [9.17, 15) is 9.59 Å². The molecule has 1 atom stereocenters. The van der Waals surface area contributed by atoms with Gasteiger partial charge in [-0.3, -0.25) is 9.59 Å². The number of aromatic nitrogens is 3. The molecule has 0 aliphatic carbocycles. The number of hydrogen-bond donors (Lipinski definition) is 2. The topological polar surface area (TPSA) is 121 Å². The van der Waals surface area contributed by atoms with Crippen molar-refractivity contribution in [3.05, 3.63) is 81.1 Å². The first kappa shape index (κ1) is 23.4. The summed E-state index contributed by atoms with van der Waals surface area (Å²) in [5.74, 6) is -0.557. The van der Waals surface area contributed by atoms with Gasteiger partial charge < -0.3 is 10.4 Å². The summed E-state index contributed by atoms with van der Waals surface area (Å²) in [7, 11) is 2.54. The molecule has 0 aliphatic rings. The molecular formula is C24H19ClN5O3P. The van der Waals surface area contributed by atoms with Gasteiger partial charge in [0.05, 0.1) is 40.4 Å². The average molecular weight is 492 g/mol. The number of halogens is 1. The van der Waals surface area contributed by atoms with Crippen molar-refractivity contribution in [2.24, 2.45) is 0 Å². The van der Waals surface area contributed by atoms with Gasteiger partial charge in [0.2, 0.25) is 0 Å². The lowest BCUT2D eigenvalue weighted by Crippen LogP contribution is -2.25. The molecular weight excluding hydrogens is 473 g/mol. The lowest BCUT2D eigenvalue weighted by molar-refractivity contribution is -0.136. The summed E-state index contributed by atoms with van der Waals surface area (Å²) in [5.41, 5.74) is 2.84. The van der Waals surface area contributed by atoms with Gasteiger partial charge >= 0.3 is 5.97 Å². The fourth-order valence-electron chi connectivity index (χ4n) is 3.50. The highest BCUT2D eigenvalue weighted by Gasteiger charge is 2.17. The zero-order chi connectivity index (χ0) is 24.2.